The number of carbonyl (C=O) groups is 1. The Kier molecular flexibility index (Phi) is 3.40. The number of fused-ring (bicyclic) bond motifs is 2. The van der Waals surface area contributed by atoms with Crippen LogP contribution in [0.3, 0.4) is 0 Å². The first-order chi connectivity index (χ1) is 12.1. The van der Waals surface area contributed by atoms with Gasteiger partial charge in [-0.25, -0.2) is 9.78 Å². The van der Waals surface area contributed by atoms with E-state index in [1.807, 2.05) is 6.92 Å². The van der Waals surface area contributed by atoms with Gasteiger partial charge < -0.3 is 14.4 Å². The molecular weight excluding hydrogens is 318 g/mol. The molecular formula is C19H23N3O3. The lowest BCUT2D eigenvalue weighted by Gasteiger charge is -2.28. The van der Waals surface area contributed by atoms with Crippen molar-refractivity contribution in [2.45, 2.75) is 39.0 Å². The first-order valence-electron chi connectivity index (χ1n) is 9.15. The summed E-state index contributed by atoms with van der Waals surface area (Å²) in [6, 6.07) is 3.48. The maximum Gasteiger partial charge on any atom is 0.335 e. The van der Waals surface area contributed by atoms with Gasteiger partial charge in [-0.1, -0.05) is 0 Å². The average Bonchev–Trinajstić information content (AvgIpc) is 2.98. The maximum absolute atomic E-state index is 11.5. The molecule has 1 aliphatic carbocycles. The zero-order chi connectivity index (χ0) is 17.1. The number of aryl methyl sites for hydroxylation is 1. The first kappa shape index (κ1) is 15.3. The predicted octanol–water partition coefficient (Wildman–Crippen LogP) is 2.28. The Bertz CT molecular complexity index is 845. The van der Waals surface area contributed by atoms with E-state index in [9.17, 15) is 9.90 Å². The normalized spacial score (nSPS) is 28.1. The first-order valence-corrected chi connectivity index (χ1v) is 9.15. The Labute approximate surface area is 146 Å². The predicted molar refractivity (Wildman–Crippen MR) is 92.7 cm³/mol. The zero-order valence-electron chi connectivity index (χ0n) is 14.4. The summed E-state index contributed by atoms with van der Waals surface area (Å²) >= 11 is 0. The molecule has 0 spiro atoms. The number of rotatable bonds is 5. The minimum atomic E-state index is -0.890. The third-order valence-corrected chi connectivity index (χ3v) is 5.97. The van der Waals surface area contributed by atoms with E-state index in [0.29, 0.717) is 5.56 Å². The number of hydrogen-bond donors (Lipinski definition) is 1. The summed E-state index contributed by atoms with van der Waals surface area (Å²) in [7, 11) is 0. The molecule has 6 heteroatoms. The van der Waals surface area contributed by atoms with E-state index in [1.165, 1.54) is 19.5 Å². The smallest absolute Gasteiger partial charge is 0.335 e. The number of piperidine rings is 1. The van der Waals surface area contributed by atoms with Crippen LogP contribution in [0.4, 0.5) is 0 Å². The van der Waals surface area contributed by atoms with Gasteiger partial charge in [-0.2, -0.15) is 0 Å². The van der Waals surface area contributed by atoms with Crippen molar-refractivity contribution in [1.82, 2.24) is 14.5 Å². The molecule has 2 saturated heterocycles. The summed E-state index contributed by atoms with van der Waals surface area (Å²) in [4.78, 5) is 18.9. The molecule has 25 heavy (non-hydrogen) atoms. The molecule has 0 radical (unpaired) electrons. The van der Waals surface area contributed by atoms with Gasteiger partial charge in [0.2, 0.25) is 0 Å². The van der Waals surface area contributed by atoms with Crippen LogP contribution < -0.4 is 0 Å². The van der Waals surface area contributed by atoms with Gasteiger partial charge in [0.25, 0.3) is 0 Å². The van der Waals surface area contributed by atoms with E-state index in [2.05, 4.69) is 9.47 Å². The number of imidazole rings is 1. The van der Waals surface area contributed by atoms with Crippen LogP contribution in [-0.2, 0) is 17.8 Å². The fourth-order valence-corrected chi connectivity index (χ4v) is 4.35. The van der Waals surface area contributed by atoms with Gasteiger partial charge in [0, 0.05) is 19.7 Å². The van der Waals surface area contributed by atoms with Crippen molar-refractivity contribution in [1.29, 1.82) is 0 Å². The van der Waals surface area contributed by atoms with Crippen molar-refractivity contribution in [2.75, 3.05) is 19.7 Å². The summed E-state index contributed by atoms with van der Waals surface area (Å²) in [5.41, 5.74) is 3.10. The Balaban J connectivity index is 1.55. The van der Waals surface area contributed by atoms with E-state index < -0.39 is 5.97 Å². The summed E-state index contributed by atoms with van der Waals surface area (Å²) in [5, 5.41) is 9.41. The van der Waals surface area contributed by atoms with Crippen molar-refractivity contribution < 1.29 is 14.6 Å². The highest BCUT2D eigenvalue weighted by Gasteiger charge is 2.45. The highest BCUT2D eigenvalue weighted by Crippen LogP contribution is 2.45. The zero-order valence-corrected chi connectivity index (χ0v) is 14.4. The van der Waals surface area contributed by atoms with E-state index >= 15 is 0 Å². The third kappa shape index (κ3) is 2.64. The van der Waals surface area contributed by atoms with Crippen molar-refractivity contribution in [3.63, 3.8) is 0 Å². The van der Waals surface area contributed by atoms with Crippen molar-refractivity contribution in [3.8, 4) is 0 Å². The van der Waals surface area contributed by atoms with Gasteiger partial charge in [-0.05, 0) is 49.3 Å². The molecule has 3 fully saturated rings. The van der Waals surface area contributed by atoms with Crippen LogP contribution in [0.15, 0.2) is 12.1 Å². The average molecular weight is 341 g/mol. The van der Waals surface area contributed by atoms with Gasteiger partial charge >= 0.3 is 5.97 Å². The van der Waals surface area contributed by atoms with E-state index in [4.69, 9.17) is 9.72 Å². The van der Waals surface area contributed by atoms with E-state index in [0.717, 1.165) is 60.4 Å². The van der Waals surface area contributed by atoms with Crippen LogP contribution >= 0.6 is 0 Å². The van der Waals surface area contributed by atoms with Gasteiger partial charge in [0.1, 0.15) is 5.82 Å². The van der Waals surface area contributed by atoms with Gasteiger partial charge in [0.15, 0.2) is 0 Å². The molecule has 1 saturated carbocycles. The second kappa shape index (κ2) is 5.54. The number of carboxylic acids is 1. The fraction of sp³-hybridized carbons (Fsp3) is 0.579. The van der Waals surface area contributed by atoms with Crippen LogP contribution in [0.2, 0.25) is 0 Å². The van der Waals surface area contributed by atoms with Crippen LogP contribution in [0.1, 0.15) is 34.6 Å². The lowest BCUT2D eigenvalue weighted by Crippen LogP contribution is -2.32. The largest absolute Gasteiger partial charge is 0.478 e. The number of hydrogen-bond acceptors (Lipinski definition) is 4. The van der Waals surface area contributed by atoms with Crippen molar-refractivity contribution in [2.24, 2.45) is 11.8 Å². The Hall–Kier alpha value is -1.92. The van der Waals surface area contributed by atoms with Gasteiger partial charge in [-0.3, -0.25) is 4.90 Å². The number of nitrogens with zero attached hydrogens (tertiary/aromatic N) is 3. The molecule has 0 bridgehead atoms. The SMILES string of the molecule is Cc1cc(C(=O)O)cc2c1nc(CN1CC3CC3C1)n2CC1CCO1. The summed E-state index contributed by atoms with van der Waals surface area (Å²) < 4.78 is 7.83. The van der Waals surface area contributed by atoms with Crippen LogP contribution in [0.5, 0.6) is 0 Å². The van der Waals surface area contributed by atoms with Crippen molar-refractivity contribution >= 4 is 17.0 Å². The van der Waals surface area contributed by atoms with Crippen LogP contribution in [0, 0.1) is 18.8 Å². The topological polar surface area (TPSA) is 67.6 Å². The Morgan fingerprint density at radius 2 is 2.12 bits per heavy atom. The molecule has 1 aromatic heterocycles. The van der Waals surface area contributed by atoms with Crippen molar-refractivity contribution in [3.05, 3.63) is 29.1 Å². The molecule has 3 aliphatic rings. The maximum atomic E-state index is 11.5. The number of benzene rings is 1. The lowest BCUT2D eigenvalue weighted by molar-refractivity contribution is -0.0591. The molecule has 2 aromatic rings. The van der Waals surface area contributed by atoms with Gasteiger partial charge in [0.05, 0.1) is 35.8 Å². The van der Waals surface area contributed by atoms with E-state index in [1.54, 1.807) is 12.1 Å². The Morgan fingerprint density at radius 3 is 2.76 bits per heavy atom. The fourth-order valence-electron chi connectivity index (χ4n) is 4.35. The number of aromatic nitrogens is 2. The minimum Gasteiger partial charge on any atom is -0.478 e. The molecule has 5 rings (SSSR count). The van der Waals surface area contributed by atoms with Gasteiger partial charge in [-0.15, -0.1) is 0 Å². The standard InChI is InChI=1S/C19H23N3O3/c1-11-4-12(19(23)24)6-16-18(11)20-17(22(16)9-15-2-3-25-15)10-21-7-13-5-14(13)8-21/h4,6,13-15H,2-3,5,7-10H2,1H3,(H,23,24). The van der Waals surface area contributed by atoms with Crippen LogP contribution in [-0.4, -0.2) is 51.3 Å². The molecule has 3 atom stereocenters. The third-order valence-electron chi connectivity index (χ3n) is 5.97. The number of aromatic carboxylic acids is 1. The number of ether oxygens (including phenoxy) is 1. The van der Waals surface area contributed by atoms with Crippen LogP contribution in [0.25, 0.3) is 11.0 Å². The molecule has 3 heterocycles. The summed E-state index contributed by atoms with van der Waals surface area (Å²) in [6.45, 7) is 6.72. The molecule has 3 unspecified atom stereocenters. The molecule has 0 amide bonds. The summed E-state index contributed by atoms with van der Waals surface area (Å²) in [6.07, 6.45) is 2.67. The lowest BCUT2D eigenvalue weighted by atomic mass is 10.1. The molecule has 6 nitrogen and oxygen atoms in total. The second-order valence-corrected chi connectivity index (χ2v) is 7.84. The molecule has 1 aromatic carbocycles. The highest BCUT2D eigenvalue weighted by molar-refractivity contribution is 5.93. The second-order valence-electron chi connectivity index (χ2n) is 7.84. The number of carboxylic acid groups (broad SMARTS) is 1. The Morgan fingerprint density at radius 1 is 1.36 bits per heavy atom. The summed E-state index contributed by atoms with van der Waals surface area (Å²) in [5.74, 6) is 1.94. The minimum absolute atomic E-state index is 0.219. The molecule has 2 aliphatic heterocycles. The van der Waals surface area contributed by atoms with E-state index in [-0.39, 0.29) is 6.10 Å². The monoisotopic (exact) mass is 341 g/mol. The molecule has 132 valence electrons. The number of likely N-dealkylation sites (tertiary alicyclic amines) is 1. The highest BCUT2D eigenvalue weighted by atomic mass is 16.5. The quantitative estimate of drug-likeness (QED) is 0.904. The molecule has 1 N–H and O–H groups in total.